The zero-order chi connectivity index (χ0) is 14.8. The Morgan fingerprint density at radius 2 is 1.85 bits per heavy atom. The minimum Gasteiger partial charge on any atom is -0.391 e. The highest BCUT2D eigenvalue weighted by Gasteiger charge is 2.28. The molecule has 7 heteroatoms. The van der Waals surface area contributed by atoms with Crippen LogP contribution in [-0.2, 0) is 10.0 Å². The third kappa shape index (κ3) is 4.04. The monoisotopic (exact) mass is 425 g/mol. The molecule has 1 saturated carbocycles. The summed E-state index contributed by atoms with van der Waals surface area (Å²) in [5, 5.41) is 10.0. The number of sulfonamides is 1. The smallest absolute Gasteiger partial charge is 0.242 e. The Morgan fingerprint density at radius 3 is 2.55 bits per heavy atom. The van der Waals surface area contributed by atoms with E-state index in [-0.39, 0.29) is 4.90 Å². The molecule has 1 aromatic rings. The molecular weight excluding hydrogens is 410 g/mol. The fourth-order valence-corrected chi connectivity index (χ4v) is 5.43. The minimum absolute atomic E-state index is 0.192. The molecule has 2 unspecified atom stereocenters. The molecular formula is C13H17Br2NO3S. The van der Waals surface area contributed by atoms with Gasteiger partial charge in [0, 0.05) is 15.0 Å². The van der Waals surface area contributed by atoms with Crippen molar-refractivity contribution >= 4 is 41.9 Å². The Morgan fingerprint density at radius 1 is 1.15 bits per heavy atom. The lowest BCUT2D eigenvalue weighted by atomic mass is 10.1. The van der Waals surface area contributed by atoms with Gasteiger partial charge in [-0.15, -0.1) is 0 Å². The van der Waals surface area contributed by atoms with Crippen molar-refractivity contribution in [3.63, 3.8) is 0 Å². The molecule has 1 aliphatic carbocycles. The Labute approximate surface area is 136 Å². The van der Waals surface area contributed by atoms with Gasteiger partial charge >= 0.3 is 0 Å². The first-order valence-electron chi connectivity index (χ1n) is 6.55. The van der Waals surface area contributed by atoms with Crippen molar-refractivity contribution in [2.75, 3.05) is 0 Å². The number of halogens is 2. The van der Waals surface area contributed by atoms with Gasteiger partial charge in [-0.3, -0.25) is 0 Å². The molecule has 0 aliphatic heterocycles. The van der Waals surface area contributed by atoms with E-state index in [0.29, 0.717) is 17.3 Å². The van der Waals surface area contributed by atoms with Crippen molar-refractivity contribution in [1.29, 1.82) is 0 Å². The number of benzene rings is 1. The van der Waals surface area contributed by atoms with Crippen LogP contribution in [0.5, 0.6) is 0 Å². The molecule has 1 aromatic carbocycles. The Balaban J connectivity index is 2.21. The van der Waals surface area contributed by atoms with Crippen molar-refractivity contribution in [2.24, 2.45) is 0 Å². The van der Waals surface area contributed by atoms with Crippen molar-refractivity contribution in [3.05, 3.63) is 27.1 Å². The van der Waals surface area contributed by atoms with Gasteiger partial charge in [0.2, 0.25) is 10.0 Å². The molecule has 0 heterocycles. The lowest BCUT2D eigenvalue weighted by molar-refractivity contribution is 0.130. The van der Waals surface area contributed by atoms with Gasteiger partial charge in [0.25, 0.3) is 0 Å². The molecule has 2 rings (SSSR count). The summed E-state index contributed by atoms with van der Waals surface area (Å²) in [6.07, 6.45) is 3.63. The Bertz CT molecular complexity index is 577. The van der Waals surface area contributed by atoms with Crippen LogP contribution in [0.3, 0.4) is 0 Å². The van der Waals surface area contributed by atoms with Crippen LogP contribution in [0.2, 0.25) is 0 Å². The molecule has 0 amide bonds. The van der Waals surface area contributed by atoms with Crippen LogP contribution in [-0.4, -0.2) is 25.7 Å². The van der Waals surface area contributed by atoms with E-state index in [9.17, 15) is 13.5 Å². The molecule has 0 spiro atoms. The van der Waals surface area contributed by atoms with Crippen molar-refractivity contribution in [2.45, 2.75) is 49.1 Å². The summed E-state index contributed by atoms with van der Waals surface area (Å²) in [6.45, 7) is 0. The first-order chi connectivity index (χ1) is 9.40. The average Bonchev–Trinajstić information content (AvgIpc) is 2.54. The number of hydrogen-bond acceptors (Lipinski definition) is 3. The van der Waals surface area contributed by atoms with Crippen LogP contribution in [0, 0.1) is 0 Å². The normalized spacial score (nSPS) is 24.4. The molecule has 2 N–H and O–H groups in total. The molecule has 20 heavy (non-hydrogen) atoms. The molecule has 0 aromatic heterocycles. The second kappa shape index (κ2) is 6.87. The summed E-state index contributed by atoms with van der Waals surface area (Å²) < 4.78 is 28.8. The molecule has 0 bridgehead atoms. The van der Waals surface area contributed by atoms with E-state index in [2.05, 4.69) is 36.6 Å². The van der Waals surface area contributed by atoms with Crippen LogP contribution in [0.25, 0.3) is 0 Å². The van der Waals surface area contributed by atoms with E-state index in [1.807, 2.05) is 0 Å². The third-order valence-electron chi connectivity index (χ3n) is 3.47. The summed E-state index contributed by atoms with van der Waals surface area (Å²) in [5.41, 5.74) is 0. The fourth-order valence-electron chi connectivity index (χ4n) is 2.38. The van der Waals surface area contributed by atoms with Crippen molar-refractivity contribution in [1.82, 2.24) is 4.72 Å². The summed E-state index contributed by atoms with van der Waals surface area (Å²) in [6, 6.07) is 4.51. The summed E-state index contributed by atoms with van der Waals surface area (Å²) in [7, 11) is -3.63. The summed E-state index contributed by atoms with van der Waals surface area (Å²) in [5.74, 6) is 0. The summed E-state index contributed by atoms with van der Waals surface area (Å²) in [4.78, 5) is 0.192. The molecule has 0 saturated heterocycles. The molecule has 1 aliphatic rings. The summed E-state index contributed by atoms with van der Waals surface area (Å²) >= 11 is 6.56. The van der Waals surface area contributed by atoms with E-state index in [0.717, 1.165) is 23.7 Å². The van der Waals surface area contributed by atoms with E-state index in [1.54, 1.807) is 18.2 Å². The van der Waals surface area contributed by atoms with E-state index >= 15 is 0 Å². The molecule has 2 atom stereocenters. The number of hydrogen-bond donors (Lipinski definition) is 2. The van der Waals surface area contributed by atoms with Crippen LogP contribution in [0.15, 0.2) is 32.0 Å². The largest absolute Gasteiger partial charge is 0.391 e. The number of aliphatic hydroxyl groups is 1. The first-order valence-corrected chi connectivity index (χ1v) is 9.62. The number of aliphatic hydroxyl groups excluding tert-OH is 1. The zero-order valence-electron chi connectivity index (χ0n) is 10.9. The van der Waals surface area contributed by atoms with Gasteiger partial charge in [-0.25, -0.2) is 13.1 Å². The number of nitrogens with one attached hydrogen (secondary N) is 1. The second-order valence-corrected chi connectivity index (χ2v) is 8.46. The van der Waals surface area contributed by atoms with Gasteiger partial charge in [0.1, 0.15) is 0 Å². The van der Waals surface area contributed by atoms with Gasteiger partial charge in [-0.2, -0.15) is 0 Å². The maximum atomic E-state index is 12.4. The van der Waals surface area contributed by atoms with Gasteiger partial charge in [-0.05, 0) is 47.0 Å². The molecule has 0 radical (unpaired) electrons. The molecule has 112 valence electrons. The topological polar surface area (TPSA) is 66.4 Å². The lowest BCUT2D eigenvalue weighted by Crippen LogP contribution is -2.42. The SMILES string of the molecule is O=S(=O)(NC1CCCCCC1O)c1ccc(Br)cc1Br. The quantitative estimate of drug-likeness (QED) is 0.729. The predicted octanol–water partition coefficient (Wildman–Crippen LogP) is 3.18. The highest BCUT2D eigenvalue weighted by atomic mass is 79.9. The van der Waals surface area contributed by atoms with Gasteiger partial charge < -0.3 is 5.11 Å². The van der Waals surface area contributed by atoms with Crippen molar-refractivity contribution < 1.29 is 13.5 Å². The minimum atomic E-state index is -3.63. The highest BCUT2D eigenvalue weighted by Crippen LogP contribution is 2.27. The highest BCUT2D eigenvalue weighted by molar-refractivity contribution is 9.11. The van der Waals surface area contributed by atoms with E-state index < -0.39 is 22.2 Å². The van der Waals surface area contributed by atoms with Crippen LogP contribution >= 0.6 is 31.9 Å². The third-order valence-corrected chi connectivity index (χ3v) is 6.43. The lowest BCUT2D eigenvalue weighted by Gasteiger charge is -2.22. The van der Waals surface area contributed by atoms with Crippen LogP contribution in [0.1, 0.15) is 32.1 Å². The van der Waals surface area contributed by atoms with E-state index in [4.69, 9.17) is 0 Å². The van der Waals surface area contributed by atoms with Gasteiger partial charge in [0.15, 0.2) is 0 Å². The Kier molecular flexibility index (Phi) is 5.64. The Hall–Kier alpha value is 0.0500. The first kappa shape index (κ1) is 16.4. The standard InChI is InChI=1S/C13H17Br2NO3S/c14-9-6-7-13(10(15)8-9)20(18,19)16-11-4-2-1-3-5-12(11)17/h6-8,11-12,16-17H,1-5H2. The van der Waals surface area contributed by atoms with Crippen molar-refractivity contribution in [3.8, 4) is 0 Å². The van der Waals surface area contributed by atoms with Crippen LogP contribution in [0.4, 0.5) is 0 Å². The maximum Gasteiger partial charge on any atom is 0.242 e. The molecule has 1 fully saturated rings. The van der Waals surface area contributed by atoms with Crippen LogP contribution < -0.4 is 4.72 Å². The average molecular weight is 427 g/mol. The fraction of sp³-hybridized carbons (Fsp3) is 0.538. The predicted molar refractivity (Wildman–Crippen MR) is 85.0 cm³/mol. The zero-order valence-corrected chi connectivity index (χ0v) is 14.8. The maximum absolute atomic E-state index is 12.4. The van der Waals surface area contributed by atoms with E-state index in [1.165, 1.54) is 0 Å². The second-order valence-electron chi connectivity index (χ2n) is 5.01. The molecule has 4 nitrogen and oxygen atoms in total. The number of rotatable bonds is 3. The van der Waals surface area contributed by atoms with Gasteiger partial charge in [-0.1, -0.05) is 35.2 Å². The van der Waals surface area contributed by atoms with Gasteiger partial charge in [0.05, 0.1) is 11.0 Å².